The van der Waals surface area contributed by atoms with E-state index in [-0.39, 0.29) is 5.91 Å². The van der Waals surface area contributed by atoms with Crippen molar-refractivity contribution in [1.29, 1.82) is 0 Å². The van der Waals surface area contributed by atoms with Crippen LogP contribution in [0.2, 0.25) is 5.02 Å². The zero-order valence-corrected chi connectivity index (χ0v) is 12.0. The molecule has 1 aromatic heterocycles. The summed E-state index contributed by atoms with van der Waals surface area (Å²) in [5, 5.41) is 3.34. The number of aromatic nitrogens is 1. The van der Waals surface area contributed by atoms with Gasteiger partial charge in [-0.3, -0.25) is 4.79 Å². The normalized spacial score (nSPS) is 10.2. The molecule has 2 aromatic rings. The summed E-state index contributed by atoms with van der Waals surface area (Å²) in [5.74, 6) is 0.802. The van der Waals surface area contributed by atoms with Crippen LogP contribution in [0, 0.1) is 6.92 Å². The monoisotopic (exact) mass is 292 g/mol. The molecule has 0 unspecified atom stereocenters. The van der Waals surface area contributed by atoms with Gasteiger partial charge >= 0.3 is 0 Å². The van der Waals surface area contributed by atoms with Crippen LogP contribution in [0.5, 0.6) is 0 Å². The Balaban J connectivity index is 1.89. The molecule has 19 heavy (non-hydrogen) atoms. The third kappa shape index (κ3) is 4.26. The lowest BCUT2D eigenvalue weighted by atomic mass is 10.3. The second-order valence-electron chi connectivity index (χ2n) is 3.91. The molecule has 0 spiro atoms. The first-order valence-electron chi connectivity index (χ1n) is 5.76. The van der Waals surface area contributed by atoms with E-state index in [9.17, 15) is 4.79 Å². The number of nitrogens with zero attached hydrogens (tertiary/aromatic N) is 1. The Labute approximate surface area is 121 Å². The molecule has 1 heterocycles. The third-order valence-corrected chi connectivity index (χ3v) is 3.81. The number of carbonyl (C=O) groups excluding carboxylic acids is 1. The van der Waals surface area contributed by atoms with E-state index < -0.39 is 0 Å². The summed E-state index contributed by atoms with van der Waals surface area (Å²) in [6.07, 6.45) is 0. The van der Waals surface area contributed by atoms with Crippen molar-refractivity contribution in [2.24, 2.45) is 0 Å². The third-order valence-electron chi connectivity index (χ3n) is 2.40. The molecule has 1 amide bonds. The number of halogens is 1. The van der Waals surface area contributed by atoms with E-state index in [0.717, 1.165) is 4.90 Å². The number of rotatable bonds is 4. The highest BCUT2D eigenvalue weighted by atomic mass is 35.5. The maximum absolute atomic E-state index is 11.8. The quantitative estimate of drug-likeness (QED) is 0.872. The van der Waals surface area contributed by atoms with Crippen molar-refractivity contribution in [3.63, 3.8) is 0 Å². The molecular weight excluding hydrogens is 280 g/mol. The molecule has 5 heteroatoms. The van der Waals surface area contributed by atoms with Gasteiger partial charge in [-0.15, -0.1) is 11.8 Å². The van der Waals surface area contributed by atoms with E-state index in [4.69, 9.17) is 11.6 Å². The van der Waals surface area contributed by atoms with Gasteiger partial charge in [0, 0.05) is 4.90 Å². The van der Waals surface area contributed by atoms with Gasteiger partial charge in [-0.05, 0) is 31.2 Å². The molecule has 0 bridgehead atoms. The van der Waals surface area contributed by atoms with Gasteiger partial charge in [0.1, 0.15) is 5.82 Å². The molecule has 0 saturated heterocycles. The van der Waals surface area contributed by atoms with Gasteiger partial charge in [0.2, 0.25) is 5.91 Å². The Morgan fingerprint density at radius 3 is 2.68 bits per heavy atom. The second kappa shape index (κ2) is 6.59. The summed E-state index contributed by atoms with van der Waals surface area (Å²) in [4.78, 5) is 17.0. The molecule has 3 nitrogen and oxygen atoms in total. The number of amides is 1. The summed E-state index contributed by atoms with van der Waals surface area (Å²) in [7, 11) is 0. The van der Waals surface area contributed by atoms with Crippen molar-refractivity contribution in [3.8, 4) is 0 Å². The van der Waals surface area contributed by atoms with Crippen LogP contribution in [0.1, 0.15) is 5.69 Å². The molecular formula is C14H13ClN2OS. The molecule has 98 valence electrons. The minimum Gasteiger partial charge on any atom is -0.310 e. The van der Waals surface area contributed by atoms with Crippen molar-refractivity contribution >= 4 is 35.1 Å². The molecule has 0 aliphatic heterocycles. The predicted octanol–water partition coefficient (Wildman–Crippen LogP) is 3.77. The summed E-state index contributed by atoms with van der Waals surface area (Å²) in [6.45, 7) is 1.80. The molecule has 0 atom stereocenters. The van der Waals surface area contributed by atoms with Crippen molar-refractivity contribution in [2.45, 2.75) is 11.8 Å². The van der Waals surface area contributed by atoms with Crippen molar-refractivity contribution in [3.05, 3.63) is 53.2 Å². The topological polar surface area (TPSA) is 42.0 Å². The maximum Gasteiger partial charge on any atom is 0.235 e. The number of thioether (sulfide) groups is 1. The van der Waals surface area contributed by atoms with Gasteiger partial charge in [0.05, 0.1) is 16.5 Å². The number of carbonyl (C=O) groups is 1. The largest absolute Gasteiger partial charge is 0.310 e. The standard InChI is InChI=1S/C14H13ClN2OS/c1-10-12(15)7-8-13(16-10)17-14(18)9-19-11-5-3-2-4-6-11/h2-8H,9H2,1H3,(H,16,17,18). The number of nitrogens with one attached hydrogen (secondary N) is 1. The van der Waals surface area contributed by atoms with Gasteiger partial charge in [0.15, 0.2) is 0 Å². The number of hydrogen-bond acceptors (Lipinski definition) is 3. The number of aryl methyl sites for hydroxylation is 1. The first kappa shape index (κ1) is 13.9. The second-order valence-corrected chi connectivity index (χ2v) is 5.37. The highest BCUT2D eigenvalue weighted by Gasteiger charge is 2.05. The van der Waals surface area contributed by atoms with E-state index >= 15 is 0 Å². The van der Waals surface area contributed by atoms with E-state index in [0.29, 0.717) is 22.3 Å². The van der Waals surface area contributed by atoms with Crippen LogP contribution in [0.4, 0.5) is 5.82 Å². The molecule has 1 N–H and O–H groups in total. The minimum atomic E-state index is -0.0805. The van der Waals surface area contributed by atoms with E-state index in [1.54, 1.807) is 19.1 Å². The molecule has 1 aromatic carbocycles. The van der Waals surface area contributed by atoms with Crippen molar-refractivity contribution < 1.29 is 4.79 Å². The molecule has 0 radical (unpaired) electrons. The number of pyridine rings is 1. The Hall–Kier alpha value is -1.52. The van der Waals surface area contributed by atoms with E-state index in [2.05, 4.69) is 10.3 Å². The highest BCUT2D eigenvalue weighted by Crippen LogP contribution is 2.18. The maximum atomic E-state index is 11.8. The van der Waals surface area contributed by atoms with E-state index in [1.165, 1.54) is 11.8 Å². The average molecular weight is 293 g/mol. The van der Waals surface area contributed by atoms with Gasteiger partial charge < -0.3 is 5.32 Å². The van der Waals surface area contributed by atoms with Gasteiger partial charge in [-0.1, -0.05) is 29.8 Å². The fraction of sp³-hybridized carbons (Fsp3) is 0.143. The zero-order chi connectivity index (χ0) is 13.7. The van der Waals surface area contributed by atoms with Crippen LogP contribution >= 0.6 is 23.4 Å². The molecule has 2 rings (SSSR count). The summed E-state index contributed by atoms with van der Waals surface area (Å²) in [5.41, 5.74) is 0.704. The van der Waals surface area contributed by atoms with Crippen LogP contribution in [0.25, 0.3) is 0 Å². The van der Waals surface area contributed by atoms with E-state index in [1.807, 2.05) is 30.3 Å². The molecule has 0 aliphatic rings. The average Bonchev–Trinajstić information content (AvgIpc) is 2.42. The minimum absolute atomic E-state index is 0.0805. The van der Waals surface area contributed by atoms with Crippen molar-refractivity contribution in [1.82, 2.24) is 4.98 Å². The van der Waals surface area contributed by atoms with Gasteiger partial charge in [-0.2, -0.15) is 0 Å². The molecule has 0 saturated carbocycles. The fourth-order valence-corrected chi connectivity index (χ4v) is 2.28. The first-order chi connectivity index (χ1) is 9.15. The van der Waals surface area contributed by atoms with Crippen LogP contribution in [0.3, 0.4) is 0 Å². The smallest absolute Gasteiger partial charge is 0.235 e. The Bertz CT molecular complexity index is 575. The number of anilines is 1. The van der Waals surface area contributed by atoms with Crippen LogP contribution in [-0.4, -0.2) is 16.6 Å². The van der Waals surface area contributed by atoms with Crippen LogP contribution in [0.15, 0.2) is 47.4 Å². The lowest BCUT2D eigenvalue weighted by Gasteiger charge is -2.06. The predicted molar refractivity (Wildman–Crippen MR) is 79.8 cm³/mol. The summed E-state index contributed by atoms with van der Waals surface area (Å²) in [6, 6.07) is 13.2. The fourth-order valence-electron chi connectivity index (χ4n) is 1.46. The highest BCUT2D eigenvalue weighted by molar-refractivity contribution is 8.00. The number of hydrogen-bond donors (Lipinski definition) is 1. The summed E-state index contributed by atoms with van der Waals surface area (Å²) >= 11 is 7.37. The SMILES string of the molecule is Cc1nc(NC(=O)CSc2ccccc2)ccc1Cl. The Kier molecular flexibility index (Phi) is 4.82. The lowest BCUT2D eigenvalue weighted by Crippen LogP contribution is -2.15. The Morgan fingerprint density at radius 2 is 2.00 bits per heavy atom. The number of benzene rings is 1. The lowest BCUT2D eigenvalue weighted by molar-refractivity contribution is -0.113. The molecule has 0 fully saturated rings. The van der Waals surface area contributed by atoms with Crippen molar-refractivity contribution in [2.75, 3.05) is 11.1 Å². The molecule has 0 aliphatic carbocycles. The summed E-state index contributed by atoms with van der Waals surface area (Å²) < 4.78 is 0. The zero-order valence-electron chi connectivity index (χ0n) is 10.4. The van der Waals surface area contributed by atoms with Crippen LogP contribution < -0.4 is 5.32 Å². The van der Waals surface area contributed by atoms with Gasteiger partial charge in [0.25, 0.3) is 0 Å². The Morgan fingerprint density at radius 1 is 1.26 bits per heavy atom. The first-order valence-corrected chi connectivity index (χ1v) is 7.12. The van der Waals surface area contributed by atoms with Crippen LogP contribution in [-0.2, 0) is 4.79 Å². The van der Waals surface area contributed by atoms with Gasteiger partial charge in [-0.25, -0.2) is 4.98 Å².